The second-order valence-electron chi connectivity index (χ2n) is 8.28. The molecule has 8 nitrogen and oxygen atoms in total. The average molecular weight is 481 g/mol. The molecule has 34 heavy (non-hydrogen) atoms. The van der Waals surface area contributed by atoms with Gasteiger partial charge in [0, 0.05) is 19.2 Å². The van der Waals surface area contributed by atoms with E-state index in [-0.39, 0.29) is 35.0 Å². The van der Waals surface area contributed by atoms with Crippen LogP contribution in [-0.2, 0) is 14.8 Å². The van der Waals surface area contributed by atoms with Crippen LogP contribution in [0.15, 0.2) is 59.5 Å². The fourth-order valence-corrected chi connectivity index (χ4v) is 5.41. The zero-order chi connectivity index (χ0) is 23.9. The van der Waals surface area contributed by atoms with Gasteiger partial charge in [0.1, 0.15) is 16.4 Å². The molecular weight excluding hydrogens is 456 g/mol. The third-order valence-electron chi connectivity index (χ3n) is 5.73. The number of aryl methyl sites for hydroxylation is 2. The Balaban J connectivity index is 1.64. The van der Waals surface area contributed by atoms with Crippen LogP contribution in [0.1, 0.15) is 21.5 Å². The summed E-state index contributed by atoms with van der Waals surface area (Å²) in [5.74, 6) is 0.765. The lowest BCUT2D eigenvalue weighted by Gasteiger charge is -2.27. The molecule has 1 amide bonds. The predicted molar refractivity (Wildman–Crippen MR) is 126 cm³/mol. The molecule has 2 aliphatic rings. The molecule has 2 aliphatic heterocycles. The van der Waals surface area contributed by atoms with Gasteiger partial charge in [-0.1, -0.05) is 23.8 Å². The van der Waals surface area contributed by atoms with Crippen LogP contribution in [0.4, 0.5) is 5.69 Å². The highest BCUT2D eigenvalue weighted by atomic mass is 32.2. The number of ether oxygens (including phenoxy) is 3. The molecule has 3 aromatic carbocycles. The van der Waals surface area contributed by atoms with Crippen LogP contribution < -0.4 is 14.8 Å². The summed E-state index contributed by atoms with van der Waals surface area (Å²) in [6, 6.07) is 15.5. The SMILES string of the molecule is Cc1ccc(Oc2cc3c(cc2S(=O)(=O)N2CCOCC2)C(=O)Nc2cc(C)ccc2O3)cc1. The van der Waals surface area contributed by atoms with Gasteiger partial charge in [0.2, 0.25) is 10.0 Å². The zero-order valence-electron chi connectivity index (χ0n) is 18.8. The number of rotatable bonds is 4. The fourth-order valence-electron chi connectivity index (χ4n) is 3.88. The van der Waals surface area contributed by atoms with E-state index in [0.717, 1.165) is 11.1 Å². The maximum atomic E-state index is 13.6. The van der Waals surface area contributed by atoms with Gasteiger partial charge in [0.25, 0.3) is 5.91 Å². The quantitative estimate of drug-likeness (QED) is 0.592. The number of sulfonamides is 1. The lowest BCUT2D eigenvalue weighted by Crippen LogP contribution is -2.40. The van der Waals surface area contributed by atoms with E-state index in [0.29, 0.717) is 30.4 Å². The normalized spacial score (nSPS) is 16.0. The number of anilines is 1. The highest BCUT2D eigenvalue weighted by molar-refractivity contribution is 7.89. The van der Waals surface area contributed by atoms with E-state index in [9.17, 15) is 13.2 Å². The number of hydrogen-bond acceptors (Lipinski definition) is 6. The van der Waals surface area contributed by atoms with Crippen molar-refractivity contribution in [2.24, 2.45) is 0 Å². The minimum absolute atomic E-state index is 0.0810. The van der Waals surface area contributed by atoms with E-state index in [1.807, 2.05) is 32.0 Å². The number of fused-ring (bicyclic) bond motifs is 2. The largest absolute Gasteiger partial charge is 0.456 e. The summed E-state index contributed by atoms with van der Waals surface area (Å²) in [5.41, 5.74) is 2.62. The molecule has 0 bridgehead atoms. The second-order valence-corrected chi connectivity index (χ2v) is 10.2. The number of benzene rings is 3. The highest BCUT2D eigenvalue weighted by Crippen LogP contribution is 2.42. The molecule has 2 heterocycles. The standard InChI is InChI=1S/C25H24N2O6S/c1-16-3-6-18(7-4-16)32-23-15-22-19(14-24(23)34(29,30)27-9-11-31-12-10-27)25(28)26-20-13-17(2)5-8-21(20)33-22/h3-8,13-15H,9-12H2,1-2H3,(H,26,28). The van der Waals surface area contributed by atoms with Gasteiger partial charge in [-0.2, -0.15) is 4.31 Å². The minimum atomic E-state index is -3.97. The Bertz CT molecular complexity index is 1360. The van der Waals surface area contributed by atoms with Gasteiger partial charge in [-0.15, -0.1) is 0 Å². The molecule has 3 aromatic rings. The lowest BCUT2D eigenvalue weighted by molar-refractivity contribution is 0.0729. The maximum absolute atomic E-state index is 13.6. The summed E-state index contributed by atoms with van der Waals surface area (Å²) in [6.45, 7) is 4.90. The molecule has 176 valence electrons. The highest BCUT2D eigenvalue weighted by Gasteiger charge is 2.33. The van der Waals surface area contributed by atoms with E-state index in [4.69, 9.17) is 14.2 Å². The number of amides is 1. The Morgan fingerprint density at radius 1 is 0.912 bits per heavy atom. The Kier molecular flexibility index (Phi) is 5.76. The van der Waals surface area contributed by atoms with Crippen molar-refractivity contribution in [3.63, 3.8) is 0 Å². The van der Waals surface area contributed by atoms with Crippen molar-refractivity contribution in [3.05, 3.63) is 71.3 Å². The average Bonchev–Trinajstić information content (AvgIpc) is 2.95. The van der Waals surface area contributed by atoms with E-state index in [2.05, 4.69) is 5.32 Å². The summed E-state index contributed by atoms with van der Waals surface area (Å²) >= 11 is 0. The maximum Gasteiger partial charge on any atom is 0.259 e. The number of nitrogens with zero attached hydrogens (tertiary/aromatic N) is 1. The van der Waals surface area contributed by atoms with Crippen LogP contribution in [0.5, 0.6) is 23.0 Å². The molecule has 9 heteroatoms. The molecule has 0 aliphatic carbocycles. The lowest BCUT2D eigenvalue weighted by atomic mass is 10.1. The van der Waals surface area contributed by atoms with Crippen LogP contribution in [-0.4, -0.2) is 44.9 Å². The second kappa shape index (κ2) is 8.75. The first-order valence-electron chi connectivity index (χ1n) is 10.9. The van der Waals surface area contributed by atoms with E-state index in [1.165, 1.54) is 16.4 Å². The molecule has 5 rings (SSSR count). The first kappa shape index (κ1) is 22.4. The van der Waals surface area contributed by atoms with Crippen LogP contribution in [0.25, 0.3) is 0 Å². The van der Waals surface area contributed by atoms with Crippen molar-refractivity contribution in [1.82, 2.24) is 4.31 Å². The molecule has 1 N–H and O–H groups in total. The minimum Gasteiger partial charge on any atom is -0.456 e. The summed E-state index contributed by atoms with van der Waals surface area (Å²) in [5, 5.41) is 2.82. The number of nitrogens with one attached hydrogen (secondary N) is 1. The van der Waals surface area contributed by atoms with Crippen molar-refractivity contribution < 1.29 is 27.4 Å². The number of hydrogen-bond donors (Lipinski definition) is 1. The third-order valence-corrected chi connectivity index (χ3v) is 7.65. The third kappa shape index (κ3) is 4.25. The zero-order valence-corrected chi connectivity index (χ0v) is 19.6. The van der Waals surface area contributed by atoms with Gasteiger partial charge in [-0.05, 0) is 49.7 Å². The number of carbonyl (C=O) groups excluding carboxylic acids is 1. The Morgan fingerprint density at radius 3 is 2.35 bits per heavy atom. The number of carbonyl (C=O) groups is 1. The molecule has 0 spiro atoms. The smallest absolute Gasteiger partial charge is 0.259 e. The molecule has 0 radical (unpaired) electrons. The van der Waals surface area contributed by atoms with E-state index < -0.39 is 15.9 Å². The first-order valence-corrected chi connectivity index (χ1v) is 12.4. The molecular formula is C25H24N2O6S. The molecule has 1 saturated heterocycles. The van der Waals surface area contributed by atoms with Gasteiger partial charge in [-0.25, -0.2) is 8.42 Å². The van der Waals surface area contributed by atoms with Crippen LogP contribution in [0.3, 0.4) is 0 Å². The van der Waals surface area contributed by atoms with Crippen molar-refractivity contribution in [2.75, 3.05) is 31.6 Å². The molecule has 0 atom stereocenters. The first-order chi connectivity index (χ1) is 16.3. The van der Waals surface area contributed by atoms with Gasteiger partial charge in [-0.3, -0.25) is 4.79 Å². The summed E-state index contributed by atoms with van der Waals surface area (Å²) in [4.78, 5) is 13.0. The van der Waals surface area contributed by atoms with Crippen molar-refractivity contribution >= 4 is 21.6 Å². The Morgan fingerprint density at radius 2 is 1.62 bits per heavy atom. The van der Waals surface area contributed by atoms with Gasteiger partial charge in [0.15, 0.2) is 11.5 Å². The van der Waals surface area contributed by atoms with Crippen molar-refractivity contribution in [1.29, 1.82) is 0 Å². The Hall–Kier alpha value is -3.40. The van der Waals surface area contributed by atoms with Crippen LogP contribution in [0, 0.1) is 13.8 Å². The van der Waals surface area contributed by atoms with Crippen molar-refractivity contribution in [3.8, 4) is 23.0 Å². The summed E-state index contributed by atoms with van der Waals surface area (Å²) in [7, 11) is -3.97. The summed E-state index contributed by atoms with van der Waals surface area (Å²) in [6.07, 6.45) is 0. The summed E-state index contributed by atoms with van der Waals surface area (Å²) < 4.78 is 46.0. The molecule has 0 unspecified atom stereocenters. The Labute approximate surface area is 198 Å². The predicted octanol–water partition coefficient (Wildman–Crippen LogP) is 4.47. The van der Waals surface area contributed by atoms with Gasteiger partial charge < -0.3 is 19.5 Å². The van der Waals surface area contributed by atoms with E-state index in [1.54, 1.807) is 24.3 Å². The van der Waals surface area contributed by atoms with Crippen LogP contribution >= 0.6 is 0 Å². The fraction of sp³-hybridized carbons (Fsp3) is 0.240. The number of morpholine rings is 1. The van der Waals surface area contributed by atoms with E-state index >= 15 is 0 Å². The monoisotopic (exact) mass is 480 g/mol. The van der Waals surface area contributed by atoms with Crippen LogP contribution in [0.2, 0.25) is 0 Å². The topological polar surface area (TPSA) is 94.2 Å². The van der Waals surface area contributed by atoms with Gasteiger partial charge in [0.05, 0.1) is 24.5 Å². The molecule has 0 aromatic heterocycles. The molecule has 0 saturated carbocycles. The molecule has 1 fully saturated rings. The van der Waals surface area contributed by atoms with Gasteiger partial charge >= 0.3 is 0 Å². The van der Waals surface area contributed by atoms with Crippen molar-refractivity contribution in [2.45, 2.75) is 18.7 Å².